The SMILES string of the molecule is CCN(CCC(=O)O)C(=O)c1sc(C2CCCC2)nc1C. The van der Waals surface area contributed by atoms with Crippen LogP contribution in [0.2, 0.25) is 0 Å². The van der Waals surface area contributed by atoms with Gasteiger partial charge in [0, 0.05) is 19.0 Å². The molecule has 1 N–H and O–H groups in total. The van der Waals surface area contributed by atoms with Gasteiger partial charge in [0.1, 0.15) is 4.88 Å². The molecule has 1 aliphatic rings. The molecule has 5 nitrogen and oxygen atoms in total. The quantitative estimate of drug-likeness (QED) is 0.876. The second-order valence-corrected chi connectivity index (χ2v) is 6.51. The Hall–Kier alpha value is -1.43. The van der Waals surface area contributed by atoms with Crippen molar-refractivity contribution in [3.63, 3.8) is 0 Å². The molecule has 21 heavy (non-hydrogen) atoms. The number of aromatic nitrogens is 1. The molecule has 0 aliphatic heterocycles. The Kier molecular flexibility index (Phi) is 5.33. The van der Waals surface area contributed by atoms with Crippen molar-refractivity contribution in [2.24, 2.45) is 0 Å². The highest BCUT2D eigenvalue weighted by Crippen LogP contribution is 2.37. The Morgan fingerprint density at radius 2 is 2.05 bits per heavy atom. The molecule has 0 unspecified atom stereocenters. The summed E-state index contributed by atoms with van der Waals surface area (Å²) in [6.45, 7) is 4.50. The Bertz CT molecular complexity index is 521. The molecule has 1 fully saturated rings. The van der Waals surface area contributed by atoms with Crippen molar-refractivity contribution in [3.05, 3.63) is 15.6 Å². The zero-order valence-electron chi connectivity index (χ0n) is 12.6. The molecule has 116 valence electrons. The minimum atomic E-state index is -0.881. The molecular weight excluding hydrogens is 288 g/mol. The van der Waals surface area contributed by atoms with Crippen LogP contribution in [0.5, 0.6) is 0 Å². The van der Waals surface area contributed by atoms with Crippen LogP contribution in [-0.2, 0) is 4.79 Å². The van der Waals surface area contributed by atoms with E-state index in [1.54, 1.807) is 4.90 Å². The zero-order chi connectivity index (χ0) is 15.4. The third-order valence-corrected chi connectivity index (χ3v) is 5.28. The van der Waals surface area contributed by atoms with Crippen LogP contribution in [0.15, 0.2) is 0 Å². The van der Waals surface area contributed by atoms with Crippen LogP contribution < -0.4 is 0 Å². The summed E-state index contributed by atoms with van der Waals surface area (Å²) in [4.78, 5) is 30.1. The molecule has 1 aromatic rings. The summed E-state index contributed by atoms with van der Waals surface area (Å²) in [5.74, 6) is -0.462. The van der Waals surface area contributed by atoms with E-state index in [2.05, 4.69) is 4.98 Å². The van der Waals surface area contributed by atoms with Crippen LogP contribution in [-0.4, -0.2) is 40.0 Å². The second kappa shape index (κ2) is 7.02. The highest BCUT2D eigenvalue weighted by molar-refractivity contribution is 7.13. The Morgan fingerprint density at radius 3 is 2.62 bits per heavy atom. The van der Waals surface area contributed by atoms with Gasteiger partial charge in [0.25, 0.3) is 5.91 Å². The van der Waals surface area contributed by atoms with E-state index in [-0.39, 0.29) is 18.9 Å². The Morgan fingerprint density at radius 1 is 1.38 bits per heavy atom. The van der Waals surface area contributed by atoms with Gasteiger partial charge in [0.2, 0.25) is 0 Å². The van der Waals surface area contributed by atoms with Crippen LogP contribution in [0.3, 0.4) is 0 Å². The normalized spacial score (nSPS) is 15.3. The van der Waals surface area contributed by atoms with E-state index in [0.717, 1.165) is 23.5 Å². The second-order valence-electron chi connectivity index (χ2n) is 5.48. The Labute approximate surface area is 129 Å². The third-order valence-electron chi connectivity index (χ3n) is 3.98. The lowest BCUT2D eigenvalue weighted by atomic mass is 10.1. The summed E-state index contributed by atoms with van der Waals surface area (Å²) in [7, 11) is 0. The standard InChI is InChI=1S/C15H22N2O3S/c1-3-17(9-8-12(18)19)15(20)13-10(2)16-14(21-13)11-6-4-5-7-11/h11H,3-9H2,1-2H3,(H,18,19). The van der Waals surface area contributed by atoms with Gasteiger partial charge in [-0.15, -0.1) is 11.3 Å². The van der Waals surface area contributed by atoms with Gasteiger partial charge < -0.3 is 10.0 Å². The van der Waals surface area contributed by atoms with Gasteiger partial charge in [-0.05, 0) is 26.7 Å². The van der Waals surface area contributed by atoms with Gasteiger partial charge >= 0.3 is 5.97 Å². The molecule has 0 aromatic carbocycles. The van der Waals surface area contributed by atoms with Crippen molar-refractivity contribution in [1.29, 1.82) is 0 Å². The van der Waals surface area contributed by atoms with Crippen LogP contribution in [0.1, 0.15) is 65.3 Å². The van der Waals surface area contributed by atoms with Gasteiger partial charge in [0.05, 0.1) is 17.1 Å². The molecule has 0 saturated heterocycles. The van der Waals surface area contributed by atoms with Crippen molar-refractivity contribution in [2.75, 3.05) is 13.1 Å². The van der Waals surface area contributed by atoms with E-state index in [1.807, 2.05) is 13.8 Å². The number of carboxylic acid groups (broad SMARTS) is 1. The van der Waals surface area contributed by atoms with Gasteiger partial charge in [-0.3, -0.25) is 9.59 Å². The maximum atomic E-state index is 12.5. The van der Waals surface area contributed by atoms with Crippen molar-refractivity contribution < 1.29 is 14.7 Å². The number of amides is 1. The van der Waals surface area contributed by atoms with Gasteiger partial charge in [-0.1, -0.05) is 12.8 Å². The van der Waals surface area contributed by atoms with E-state index >= 15 is 0 Å². The molecule has 1 heterocycles. The average molecular weight is 310 g/mol. The largest absolute Gasteiger partial charge is 0.481 e. The smallest absolute Gasteiger partial charge is 0.305 e. The van der Waals surface area contributed by atoms with Crippen molar-refractivity contribution in [2.45, 2.75) is 51.9 Å². The molecule has 1 saturated carbocycles. The van der Waals surface area contributed by atoms with Crippen molar-refractivity contribution in [1.82, 2.24) is 9.88 Å². The first-order chi connectivity index (χ1) is 10.0. The summed E-state index contributed by atoms with van der Waals surface area (Å²) in [6, 6.07) is 0. The predicted molar refractivity (Wildman–Crippen MR) is 81.9 cm³/mol. The van der Waals surface area contributed by atoms with Gasteiger partial charge in [0.15, 0.2) is 0 Å². The van der Waals surface area contributed by atoms with Gasteiger partial charge in [-0.25, -0.2) is 4.98 Å². The van der Waals surface area contributed by atoms with Crippen molar-refractivity contribution >= 4 is 23.2 Å². The number of aryl methyl sites for hydroxylation is 1. The zero-order valence-corrected chi connectivity index (χ0v) is 13.4. The lowest BCUT2D eigenvalue weighted by molar-refractivity contribution is -0.137. The first kappa shape index (κ1) is 15.9. The minimum Gasteiger partial charge on any atom is -0.481 e. The molecule has 0 atom stereocenters. The fraction of sp³-hybridized carbons (Fsp3) is 0.667. The number of carboxylic acids is 1. The average Bonchev–Trinajstić information content (AvgIpc) is 3.07. The fourth-order valence-electron chi connectivity index (χ4n) is 2.74. The number of aliphatic carboxylic acids is 1. The predicted octanol–water partition coefficient (Wildman–Crippen LogP) is 3.05. The van der Waals surface area contributed by atoms with Crippen LogP contribution >= 0.6 is 11.3 Å². The number of rotatable bonds is 6. The molecule has 2 rings (SSSR count). The van der Waals surface area contributed by atoms with Crippen LogP contribution in [0.4, 0.5) is 0 Å². The molecule has 6 heteroatoms. The summed E-state index contributed by atoms with van der Waals surface area (Å²) in [5.41, 5.74) is 0.778. The minimum absolute atomic E-state index is 0.0209. The fourth-order valence-corrected chi connectivity index (χ4v) is 3.94. The number of carbonyl (C=O) groups is 2. The molecule has 0 radical (unpaired) electrons. The van der Waals surface area contributed by atoms with Crippen molar-refractivity contribution in [3.8, 4) is 0 Å². The molecule has 0 spiro atoms. The van der Waals surface area contributed by atoms with E-state index in [1.165, 1.54) is 24.2 Å². The first-order valence-electron chi connectivity index (χ1n) is 7.51. The summed E-state index contributed by atoms with van der Waals surface area (Å²) < 4.78 is 0. The highest BCUT2D eigenvalue weighted by Gasteiger charge is 2.25. The number of thiazole rings is 1. The molecule has 1 aromatic heterocycles. The van der Waals surface area contributed by atoms with E-state index in [0.29, 0.717) is 17.3 Å². The number of hydrogen-bond donors (Lipinski definition) is 1. The van der Waals surface area contributed by atoms with Crippen LogP contribution in [0, 0.1) is 6.92 Å². The maximum absolute atomic E-state index is 12.5. The van der Waals surface area contributed by atoms with Crippen LogP contribution in [0.25, 0.3) is 0 Å². The molecule has 0 bridgehead atoms. The van der Waals surface area contributed by atoms with E-state index in [9.17, 15) is 9.59 Å². The summed E-state index contributed by atoms with van der Waals surface area (Å²) >= 11 is 1.49. The molecule has 1 amide bonds. The number of hydrogen-bond acceptors (Lipinski definition) is 4. The number of nitrogens with zero attached hydrogens (tertiary/aromatic N) is 2. The van der Waals surface area contributed by atoms with Gasteiger partial charge in [-0.2, -0.15) is 0 Å². The Balaban J connectivity index is 2.11. The summed E-state index contributed by atoms with van der Waals surface area (Å²) in [6.07, 6.45) is 4.79. The lowest BCUT2D eigenvalue weighted by Gasteiger charge is -2.19. The third kappa shape index (κ3) is 3.81. The van der Waals surface area contributed by atoms with E-state index < -0.39 is 5.97 Å². The molecular formula is C15H22N2O3S. The highest BCUT2D eigenvalue weighted by atomic mass is 32.1. The maximum Gasteiger partial charge on any atom is 0.305 e. The summed E-state index contributed by atoms with van der Waals surface area (Å²) in [5, 5.41) is 9.84. The van der Waals surface area contributed by atoms with E-state index in [4.69, 9.17) is 5.11 Å². The topological polar surface area (TPSA) is 70.5 Å². The number of carbonyl (C=O) groups excluding carboxylic acids is 1. The monoisotopic (exact) mass is 310 g/mol. The molecule has 1 aliphatic carbocycles. The first-order valence-corrected chi connectivity index (χ1v) is 8.33. The lowest BCUT2D eigenvalue weighted by Crippen LogP contribution is -2.32.